The monoisotopic (exact) mass is 416 g/mol. The summed E-state index contributed by atoms with van der Waals surface area (Å²) in [6, 6.07) is 0. The van der Waals surface area contributed by atoms with Gasteiger partial charge in [0.15, 0.2) is 0 Å². The van der Waals surface area contributed by atoms with Gasteiger partial charge in [0.2, 0.25) is 0 Å². The molecule has 4 aliphatic carbocycles. The van der Waals surface area contributed by atoms with Crippen molar-refractivity contribution in [2.24, 2.45) is 46.3 Å². The summed E-state index contributed by atoms with van der Waals surface area (Å²) < 4.78 is 0. The number of fused-ring (bicyclic) bond motifs is 5. The van der Waals surface area contributed by atoms with Crippen LogP contribution in [0.3, 0.4) is 0 Å². The maximum atomic E-state index is 11.1. The molecule has 3 fully saturated rings. The number of carboxylic acids is 1. The van der Waals surface area contributed by atoms with Crippen LogP contribution in [0.2, 0.25) is 0 Å². The molecule has 0 radical (unpaired) electrons. The molecule has 4 rings (SSSR count). The van der Waals surface area contributed by atoms with Crippen LogP contribution in [0.15, 0.2) is 11.6 Å². The van der Waals surface area contributed by atoms with Gasteiger partial charge >= 0.3 is 5.97 Å². The van der Waals surface area contributed by atoms with E-state index in [0.29, 0.717) is 16.7 Å². The molecule has 170 valence electrons. The first kappa shape index (κ1) is 22.4. The molecular weight excluding hydrogens is 372 g/mol. The van der Waals surface area contributed by atoms with Crippen LogP contribution in [0, 0.1) is 46.3 Å². The number of carboxylic acid groups (broad SMARTS) is 1. The van der Waals surface area contributed by atoms with Gasteiger partial charge in [-0.15, -0.1) is 0 Å². The van der Waals surface area contributed by atoms with E-state index in [1.165, 1.54) is 44.9 Å². The predicted molar refractivity (Wildman–Crippen MR) is 121 cm³/mol. The van der Waals surface area contributed by atoms with E-state index < -0.39 is 5.97 Å². The molecule has 30 heavy (non-hydrogen) atoms. The third-order valence-electron chi connectivity index (χ3n) is 10.6. The van der Waals surface area contributed by atoms with Crippen LogP contribution in [0.4, 0.5) is 0 Å². The van der Waals surface area contributed by atoms with Crippen molar-refractivity contribution in [3.8, 4) is 0 Å². The average molecular weight is 417 g/mol. The summed E-state index contributed by atoms with van der Waals surface area (Å²) in [4.78, 5) is 11.1. The molecule has 9 atom stereocenters. The van der Waals surface area contributed by atoms with Crippen molar-refractivity contribution >= 4 is 5.97 Å². The first-order valence-electron chi connectivity index (χ1n) is 12.8. The molecule has 0 amide bonds. The largest absolute Gasteiger partial charge is 0.481 e. The lowest BCUT2D eigenvalue weighted by Crippen LogP contribution is -2.50. The van der Waals surface area contributed by atoms with Crippen LogP contribution >= 0.6 is 0 Å². The number of allylic oxidation sites excluding steroid dienone is 1. The van der Waals surface area contributed by atoms with Gasteiger partial charge < -0.3 is 10.2 Å². The summed E-state index contributed by atoms with van der Waals surface area (Å²) in [5, 5.41) is 19.4. The van der Waals surface area contributed by atoms with Gasteiger partial charge in [0.25, 0.3) is 0 Å². The highest BCUT2D eigenvalue weighted by Crippen LogP contribution is 2.67. The number of hydrogen-bond acceptors (Lipinski definition) is 2. The topological polar surface area (TPSA) is 57.5 Å². The summed E-state index contributed by atoms with van der Waals surface area (Å²) in [7, 11) is 0. The van der Waals surface area contributed by atoms with Gasteiger partial charge in [0.05, 0.1) is 12.0 Å². The van der Waals surface area contributed by atoms with Crippen molar-refractivity contribution in [2.75, 3.05) is 0 Å². The zero-order chi connectivity index (χ0) is 21.7. The standard InChI is InChI=1S/C27H44O3/c1-17(6-5-7-18(2)25(29)30)22-10-11-23-21-9-8-19-16-20(28)12-14-26(19,3)24(21)13-15-27(22,23)4/h8,17-18,20-24,28H,5-7,9-16H2,1-4H3,(H,29,30)/t17-,18?,20+,21+,22-,23+,24+,26+,27-/m1/s1. The maximum absolute atomic E-state index is 11.1. The van der Waals surface area contributed by atoms with Gasteiger partial charge in [-0.1, -0.05) is 52.2 Å². The van der Waals surface area contributed by atoms with Gasteiger partial charge in [0, 0.05) is 0 Å². The Kier molecular flexibility index (Phi) is 6.16. The first-order chi connectivity index (χ1) is 14.2. The summed E-state index contributed by atoms with van der Waals surface area (Å²) in [5.74, 6) is 3.14. The quantitative estimate of drug-likeness (QED) is 0.489. The summed E-state index contributed by atoms with van der Waals surface area (Å²) in [6.07, 6.45) is 15.2. The fraction of sp³-hybridized carbons (Fsp3) is 0.889. The van der Waals surface area contributed by atoms with Crippen LogP contribution in [0.1, 0.15) is 98.3 Å². The van der Waals surface area contributed by atoms with Gasteiger partial charge in [-0.25, -0.2) is 0 Å². The highest BCUT2D eigenvalue weighted by atomic mass is 16.4. The fourth-order valence-electron chi connectivity index (χ4n) is 8.69. The second kappa shape index (κ2) is 8.26. The lowest BCUT2D eigenvalue weighted by molar-refractivity contribution is -0.141. The lowest BCUT2D eigenvalue weighted by Gasteiger charge is -2.58. The molecule has 4 aliphatic rings. The van der Waals surface area contributed by atoms with E-state index in [9.17, 15) is 9.90 Å². The second-order valence-electron chi connectivity index (χ2n) is 12.0. The van der Waals surface area contributed by atoms with Crippen molar-refractivity contribution in [2.45, 2.75) is 104 Å². The molecule has 0 spiro atoms. The van der Waals surface area contributed by atoms with E-state index >= 15 is 0 Å². The Morgan fingerprint density at radius 3 is 2.60 bits per heavy atom. The molecule has 0 aromatic heterocycles. The van der Waals surface area contributed by atoms with Crippen molar-refractivity contribution < 1.29 is 15.0 Å². The number of aliphatic hydroxyl groups is 1. The van der Waals surface area contributed by atoms with Crippen molar-refractivity contribution in [1.82, 2.24) is 0 Å². The van der Waals surface area contributed by atoms with Crippen LogP contribution in [0.25, 0.3) is 0 Å². The molecular formula is C27H44O3. The molecule has 0 heterocycles. The van der Waals surface area contributed by atoms with E-state index in [-0.39, 0.29) is 12.0 Å². The Hall–Kier alpha value is -0.830. The normalized spacial score (nSPS) is 45.0. The van der Waals surface area contributed by atoms with Crippen LogP contribution in [0.5, 0.6) is 0 Å². The van der Waals surface area contributed by atoms with Crippen molar-refractivity contribution in [3.63, 3.8) is 0 Å². The van der Waals surface area contributed by atoms with Crippen LogP contribution in [-0.2, 0) is 4.79 Å². The van der Waals surface area contributed by atoms with E-state index in [2.05, 4.69) is 26.8 Å². The average Bonchev–Trinajstić information content (AvgIpc) is 3.05. The zero-order valence-corrected chi connectivity index (χ0v) is 19.7. The molecule has 0 saturated heterocycles. The Balaban J connectivity index is 1.44. The predicted octanol–water partition coefficient (Wildman–Crippen LogP) is 6.45. The Morgan fingerprint density at radius 1 is 1.10 bits per heavy atom. The summed E-state index contributed by atoms with van der Waals surface area (Å²) in [5.41, 5.74) is 2.37. The number of carbonyl (C=O) groups is 1. The summed E-state index contributed by atoms with van der Waals surface area (Å²) in [6.45, 7) is 9.41. The van der Waals surface area contributed by atoms with Crippen molar-refractivity contribution in [3.05, 3.63) is 11.6 Å². The number of aliphatic carboxylic acids is 1. The van der Waals surface area contributed by atoms with E-state index in [1.807, 2.05) is 6.92 Å². The van der Waals surface area contributed by atoms with E-state index in [4.69, 9.17) is 5.11 Å². The zero-order valence-electron chi connectivity index (χ0n) is 19.7. The molecule has 3 nitrogen and oxygen atoms in total. The first-order valence-corrected chi connectivity index (χ1v) is 12.8. The van der Waals surface area contributed by atoms with Gasteiger partial charge in [-0.05, 0) is 98.2 Å². The molecule has 2 N–H and O–H groups in total. The Labute approximate surface area is 183 Å². The number of aliphatic hydroxyl groups excluding tert-OH is 1. The SMILES string of the molecule is CC(CCC[C@@H](C)[C@H]1CC[C@H]2[C@@H]3CC=C4C[C@@H](O)CC[C@]4(C)[C@H]3CC[C@]12C)C(=O)O. The third-order valence-corrected chi connectivity index (χ3v) is 10.6. The number of rotatable bonds is 6. The fourth-order valence-corrected chi connectivity index (χ4v) is 8.69. The Morgan fingerprint density at radius 2 is 1.87 bits per heavy atom. The minimum Gasteiger partial charge on any atom is -0.481 e. The highest BCUT2D eigenvalue weighted by Gasteiger charge is 2.59. The van der Waals surface area contributed by atoms with Crippen LogP contribution < -0.4 is 0 Å². The van der Waals surface area contributed by atoms with Gasteiger partial charge in [-0.3, -0.25) is 4.79 Å². The van der Waals surface area contributed by atoms with Gasteiger partial charge in [0.1, 0.15) is 0 Å². The molecule has 3 heteroatoms. The van der Waals surface area contributed by atoms with Crippen molar-refractivity contribution in [1.29, 1.82) is 0 Å². The lowest BCUT2D eigenvalue weighted by atomic mass is 9.47. The smallest absolute Gasteiger partial charge is 0.306 e. The highest BCUT2D eigenvalue weighted by molar-refractivity contribution is 5.69. The molecule has 1 unspecified atom stereocenters. The minimum atomic E-state index is -0.651. The molecule has 0 aromatic carbocycles. The second-order valence-corrected chi connectivity index (χ2v) is 12.0. The minimum absolute atomic E-state index is 0.115. The van der Waals surface area contributed by atoms with Gasteiger partial charge in [-0.2, -0.15) is 0 Å². The summed E-state index contributed by atoms with van der Waals surface area (Å²) >= 11 is 0. The number of hydrogen-bond donors (Lipinski definition) is 2. The molecule has 0 bridgehead atoms. The molecule has 3 saturated carbocycles. The van der Waals surface area contributed by atoms with E-state index in [0.717, 1.165) is 49.4 Å². The molecule has 0 aromatic rings. The molecule has 0 aliphatic heterocycles. The maximum Gasteiger partial charge on any atom is 0.306 e. The third kappa shape index (κ3) is 3.67. The van der Waals surface area contributed by atoms with Crippen LogP contribution in [-0.4, -0.2) is 22.3 Å². The Bertz CT molecular complexity index is 684. The van der Waals surface area contributed by atoms with E-state index in [1.54, 1.807) is 5.57 Å².